The number of aliphatic hydroxyl groups is 1. The van der Waals surface area contributed by atoms with E-state index in [1.54, 1.807) is 22.3 Å². The van der Waals surface area contributed by atoms with E-state index in [-0.39, 0.29) is 5.91 Å². The lowest BCUT2D eigenvalue weighted by atomic mass is 10.0. The van der Waals surface area contributed by atoms with Gasteiger partial charge in [0.25, 0.3) is 0 Å². The second kappa shape index (κ2) is 5.86. The molecule has 2 rings (SSSR count). The fourth-order valence-electron chi connectivity index (χ4n) is 2.41. The lowest BCUT2D eigenvalue weighted by Gasteiger charge is -2.26. The van der Waals surface area contributed by atoms with Gasteiger partial charge in [-0.25, -0.2) is 0 Å². The Morgan fingerprint density at radius 2 is 2.42 bits per heavy atom. The number of nitrogens with zero attached hydrogens (tertiary/aromatic N) is 2. The van der Waals surface area contributed by atoms with E-state index >= 15 is 0 Å². The highest BCUT2D eigenvalue weighted by Gasteiger charge is 2.37. The smallest absolute Gasteiger partial charge is 0.246 e. The molecule has 1 saturated heterocycles. The van der Waals surface area contributed by atoms with Gasteiger partial charge in [-0.1, -0.05) is 6.07 Å². The van der Waals surface area contributed by atoms with Crippen molar-refractivity contribution in [2.45, 2.75) is 12.0 Å². The van der Waals surface area contributed by atoms with Crippen molar-refractivity contribution in [2.24, 2.45) is 0 Å². The van der Waals surface area contributed by atoms with Crippen LogP contribution in [-0.2, 0) is 4.79 Å². The summed E-state index contributed by atoms with van der Waals surface area (Å²) in [6.07, 6.45) is 4.06. The third kappa shape index (κ3) is 3.89. The first-order chi connectivity index (χ1) is 8.98. The monoisotopic (exact) mass is 280 g/mol. The Bertz CT molecular complexity index is 456. The zero-order chi connectivity index (χ0) is 13.9. The van der Waals surface area contributed by atoms with Crippen molar-refractivity contribution < 1.29 is 9.90 Å². The van der Waals surface area contributed by atoms with E-state index in [9.17, 15) is 9.90 Å². The summed E-state index contributed by atoms with van der Waals surface area (Å²) in [5.74, 6) is -0.0249. The number of likely N-dealkylation sites (N-methyl/N-ethyl adjacent to an activating group) is 1. The second-order valence-corrected chi connectivity index (χ2v) is 6.30. The van der Waals surface area contributed by atoms with Gasteiger partial charge in [-0.05, 0) is 38.0 Å². The molecule has 1 aromatic heterocycles. The number of thiophene rings is 1. The minimum absolute atomic E-state index is 0.0249. The van der Waals surface area contributed by atoms with Gasteiger partial charge in [0.15, 0.2) is 0 Å². The number of likely N-dealkylation sites (tertiary alicyclic amines) is 1. The Kier molecular flexibility index (Phi) is 4.39. The van der Waals surface area contributed by atoms with Crippen LogP contribution in [0.1, 0.15) is 11.3 Å². The van der Waals surface area contributed by atoms with Gasteiger partial charge in [-0.2, -0.15) is 0 Å². The molecule has 1 atom stereocenters. The molecular formula is C14H20N2O2S. The zero-order valence-corrected chi connectivity index (χ0v) is 12.2. The van der Waals surface area contributed by atoms with Crippen molar-refractivity contribution >= 4 is 23.3 Å². The molecule has 1 aromatic rings. The molecule has 0 aliphatic carbocycles. The molecule has 1 unspecified atom stereocenters. The van der Waals surface area contributed by atoms with E-state index in [4.69, 9.17) is 0 Å². The van der Waals surface area contributed by atoms with Gasteiger partial charge < -0.3 is 14.9 Å². The zero-order valence-electron chi connectivity index (χ0n) is 11.4. The first kappa shape index (κ1) is 14.2. The molecule has 0 saturated carbocycles. The number of hydrogen-bond donors (Lipinski definition) is 1. The van der Waals surface area contributed by atoms with Crippen LogP contribution in [0, 0.1) is 0 Å². The minimum Gasteiger partial charge on any atom is -0.387 e. The van der Waals surface area contributed by atoms with E-state index in [0.29, 0.717) is 26.1 Å². The molecule has 1 aliphatic heterocycles. The van der Waals surface area contributed by atoms with E-state index in [1.165, 1.54) is 0 Å². The van der Waals surface area contributed by atoms with Gasteiger partial charge in [0, 0.05) is 24.0 Å². The Balaban J connectivity index is 1.91. The standard InChI is InChI=1S/C14H20N2O2S/c1-15(2)10-14(18)7-8-16(11-14)13(17)6-5-12-4-3-9-19-12/h3-6,9,18H,7-8,10-11H2,1-2H3/b6-5+. The summed E-state index contributed by atoms with van der Waals surface area (Å²) in [6.45, 7) is 1.63. The van der Waals surface area contributed by atoms with Crippen LogP contribution in [-0.4, -0.2) is 60.1 Å². The third-order valence-corrected chi connectivity index (χ3v) is 4.03. The van der Waals surface area contributed by atoms with Crippen molar-refractivity contribution in [1.29, 1.82) is 0 Å². The lowest BCUT2D eigenvalue weighted by Crippen LogP contribution is -2.43. The summed E-state index contributed by atoms with van der Waals surface area (Å²) in [5, 5.41) is 12.4. The molecule has 104 valence electrons. The molecule has 1 amide bonds. The Morgan fingerprint density at radius 1 is 1.63 bits per heavy atom. The van der Waals surface area contributed by atoms with Gasteiger partial charge in [-0.3, -0.25) is 4.79 Å². The maximum atomic E-state index is 12.0. The van der Waals surface area contributed by atoms with E-state index in [0.717, 1.165) is 4.88 Å². The molecular weight excluding hydrogens is 260 g/mol. The Labute approximate surface area is 118 Å². The van der Waals surface area contributed by atoms with Crippen LogP contribution in [0.5, 0.6) is 0 Å². The maximum absolute atomic E-state index is 12.0. The Hall–Kier alpha value is -1.17. The number of rotatable bonds is 4. The molecule has 0 spiro atoms. The van der Waals surface area contributed by atoms with Crippen LogP contribution < -0.4 is 0 Å². The first-order valence-corrected chi connectivity index (χ1v) is 7.24. The molecule has 0 radical (unpaired) electrons. The van der Waals surface area contributed by atoms with Crippen molar-refractivity contribution in [3.8, 4) is 0 Å². The molecule has 1 fully saturated rings. The number of carbonyl (C=O) groups is 1. The van der Waals surface area contributed by atoms with Crippen LogP contribution in [0.15, 0.2) is 23.6 Å². The van der Waals surface area contributed by atoms with E-state index in [1.807, 2.05) is 42.6 Å². The number of hydrogen-bond acceptors (Lipinski definition) is 4. The topological polar surface area (TPSA) is 43.8 Å². The fraction of sp³-hybridized carbons (Fsp3) is 0.500. The molecule has 4 nitrogen and oxygen atoms in total. The predicted octanol–water partition coefficient (Wildman–Crippen LogP) is 1.29. The molecule has 5 heteroatoms. The summed E-state index contributed by atoms with van der Waals surface area (Å²) >= 11 is 1.60. The van der Waals surface area contributed by atoms with Gasteiger partial charge in [0.1, 0.15) is 0 Å². The third-order valence-electron chi connectivity index (χ3n) is 3.19. The van der Waals surface area contributed by atoms with Crippen molar-refractivity contribution in [3.63, 3.8) is 0 Å². The molecule has 19 heavy (non-hydrogen) atoms. The molecule has 0 bridgehead atoms. The highest BCUT2D eigenvalue weighted by Crippen LogP contribution is 2.22. The highest BCUT2D eigenvalue weighted by molar-refractivity contribution is 7.10. The van der Waals surface area contributed by atoms with Crippen LogP contribution in [0.25, 0.3) is 6.08 Å². The minimum atomic E-state index is -0.768. The summed E-state index contributed by atoms with van der Waals surface area (Å²) in [6, 6.07) is 3.93. The number of β-amino-alcohol motifs (C(OH)–C–C–N with tert-alkyl or cyclic N) is 1. The summed E-state index contributed by atoms with van der Waals surface area (Å²) in [7, 11) is 3.86. The molecule has 1 aliphatic rings. The van der Waals surface area contributed by atoms with Crippen LogP contribution in [0.3, 0.4) is 0 Å². The van der Waals surface area contributed by atoms with E-state index < -0.39 is 5.60 Å². The van der Waals surface area contributed by atoms with Gasteiger partial charge in [0.05, 0.1) is 12.1 Å². The quantitative estimate of drug-likeness (QED) is 0.845. The largest absolute Gasteiger partial charge is 0.387 e. The summed E-state index contributed by atoms with van der Waals surface area (Å²) in [4.78, 5) is 16.8. The van der Waals surface area contributed by atoms with Crippen molar-refractivity contribution in [1.82, 2.24) is 9.80 Å². The average Bonchev–Trinajstić information content (AvgIpc) is 2.94. The Morgan fingerprint density at radius 3 is 3.05 bits per heavy atom. The highest BCUT2D eigenvalue weighted by atomic mass is 32.1. The van der Waals surface area contributed by atoms with Gasteiger partial charge >= 0.3 is 0 Å². The van der Waals surface area contributed by atoms with Crippen LogP contribution in [0.2, 0.25) is 0 Å². The molecule has 2 heterocycles. The normalized spacial score (nSPS) is 23.7. The molecule has 1 N–H and O–H groups in total. The summed E-state index contributed by atoms with van der Waals surface area (Å²) in [5.41, 5.74) is -0.768. The van der Waals surface area contributed by atoms with Crippen LogP contribution in [0.4, 0.5) is 0 Å². The van der Waals surface area contributed by atoms with E-state index in [2.05, 4.69) is 0 Å². The van der Waals surface area contributed by atoms with Gasteiger partial charge in [-0.15, -0.1) is 11.3 Å². The van der Waals surface area contributed by atoms with Crippen molar-refractivity contribution in [2.75, 3.05) is 33.7 Å². The number of carbonyl (C=O) groups excluding carboxylic acids is 1. The van der Waals surface area contributed by atoms with Crippen molar-refractivity contribution in [3.05, 3.63) is 28.5 Å². The lowest BCUT2D eigenvalue weighted by molar-refractivity contribution is -0.126. The first-order valence-electron chi connectivity index (χ1n) is 6.36. The summed E-state index contributed by atoms with van der Waals surface area (Å²) < 4.78 is 0. The fourth-order valence-corrected chi connectivity index (χ4v) is 3.03. The predicted molar refractivity (Wildman–Crippen MR) is 78.1 cm³/mol. The molecule has 0 aromatic carbocycles. The van der Waals surface area contributed by atoms with Gasteiger partial charge in [0.2, 0.25) is 5.91 Å². The average molecular weight is 280 g/mol. The second-order valence-electron chi connectivity index (χ2n) is 5.32. The maximum Gasteiger partial charge on any atom is 0.246 e. The van der Waals surface area contributed by atoms with Crippen LogP contribution >= 0.6 is 11.3 Å². The SMILES string of the molecule is CN(C)CC1(O)CCN(C(=O)/C=C/c2cccs2)C1. The number of amides is 1.